The van der Waals surface area contributed by atoms with Crippen LogP contribution in [0.3, 0.4) is 0 Å². The third kappa shape index (κ3) is 3.11. The summed E-state index contributed by atoms with van der Waals surface area (Å²) in [7, 11) is 1.39. The normalized spacial score (nSPS) is 9.69. The first-order valence-corrected chi connectivity index (χ1v) is 4.65. The SMILES string of the molecule is COC(=O)Cc1cccc(CS)c1. The van der Waals surface area contributed by atoms with Crippen LogP contribution in [0, 0.1) is 0 Å². The Balaban J connectivity index is 2.71. The van der Waals surface area contributed by atoms with Gasteiger partial charge >= 0.3 is 5.97 Å². The average molecular weight is 196 g/mol. The first-order chi connectivity index (χ1) is 6.26. The van der Waals surface area contributed by atoms with Gasteiger partial charge in [0.05, 0.1) is 13.5 Å². The van der Waals surface area contributed by atoms with Gasteiger partial charge in [-0.25, -0.2) is 0 Å². The lowest BCUT2D eigenvalue weighted by atomic mass is 10.1. The summed E-state index contributed by atoms with van der Waals surface area (Å²) in [5.74, 6) is 0.478. The molecule has 1 rings (SSSR count). The predicted molar refractivity (Wildman–Crippen MR) is 54.9 cm³/mol. The van der Waals surface area contributed by atoms with Crippen LogP contribution >= 0.6 is 12.6 Å². The number of hydrogen-bond donors (Lipinski definition) is 1. The Bertz CT molecular complexity index is 297. The van der Waals surface area contributed by atoms with Gasteiger partial charge in [0.1, 0.15) is 0 Å². The molecule has 0 heterocycles. The maximum absolute atomic E-state index is 10.9. The average Bonchev–Trinajstić information content (AvgIpc) is 2.18. The Morgan fingerprint density at radius 2 is 2.15 bits per heavy atom. The number of carbonyl (C=O) groups excluding carboxylic acids is 1. The van der Waals surface area contributed by atoms with Crippen LogP contribution in [0.25, 0.3) is 0 Å². The third-order valence-corrected chi connectivity index (χ3v) is 2.12. The molecule has 0 bridgehead atoms. The second kappa shape index (κ2) is 4.92. The zero-order valence-electron chi connectivity index (χ0n) is 7.49. The van der Waals surface area contributed by atoms with Crippen molar-refractivity contribution in [1.29, 1.82) is 0 Å². The molecule has 1 aromatic rings. The minimum atomic E-state index is -0.212. The van der Waals surface area contributed by atoms with Crippen molar-refractivity contribution in [3.63, 3.8) is 0 Å². The van der Waals surface area contributed by atoms with E-state index in [9.17, 15) is 4.79 Å². The number of ether oxygens (including phenoxy) is 1. The Hall–Kier alpha value is -0.960. The summed E-state index contributed by atoms with van der Waals surface area (Å²) in [6.45, 7) is 0. The number of esters is 1. The molecule has 2 nitrogen and oxygen atoms in total. The minimum absolute atomic E-state index is 0.212. The molecule has 0 fully saturated rings. The molecule has 0 saturated carbocycles. The molecule has 0 aliphatic rings. The highest BCUT2D eigenvalue weighted by Crippen LogP contribution is 2.08. The summed E-state index contributed by atoms with van der Waals surface area (Å²) in [4.78, 5) is 10.9. The van der Waals surface area contributed by atoms with Crippen molar-refractivity contribution in [3.8, 4) is 0 Å². The standard InChI is InChI=1S/C10H12O2S/c1-12-10(11)6-8-3-2-4-9(5-8)7-13/h2-5,13H,6-7H2,1H3. The predicted octanol–water partition coefficient (Wildman–Crippen LogP) is 1.83. The number of rotatable bonds is 3. The summed E-state index contributed by atoms with van der Waals surface area (Å²) >= 11 is 4.15. The van der Waals surface area contributed by atoms with Crippen molar-refractivity contribution in [2.24, 2.45) is 0 Å². The second-order valence-electron chi connectivity index (χ2n) is 2.73. The van der Waals surface area contributed by atoms with Crippen LogP contribution in [0.5, 0.6) is 0 Å². The molecule has 0 spiro atoms. The molecule has 0 amide bonds. The lowest BCUT2D eigenvalue weighted by Gasteiger charge is -2.01. The van der Waals surface area contributed by atoms with Crippen LogP contribution in [0.2, 0.25) is 0 Å². The second-order valence-corrected chi connectivity index (χ2v) is 3.05. The van der Waals surface area contributed by atoms with Gasteiger partial charge < -0.3 is 4.74 Å². The van der Waals surface area contributed by atoms with Gasteiger partial charge in [-0.2, -0.15) is 12.6 Å². The van der Waals surface area contributed by atoms with E-state index in [-0.39, 0.29) is 5.97 Å². The van der Waals surface area contributed by atoms with Gasteiger partial charge in [-0.3, -0.25) is 4.79 Å². The van der Waals surface area contributed by atoms with Crippen molar-refractivity contribution in [3.05, 3.63) is 35.4 Å². The van der Waals surface area contributed by atoms with E-state index in [0.717, 1.165) is 11.1 Å². The van der Waals surface area contributed by atoms with Gasteiger partial charge in [0.2, 0.25) is 0 Å². The number of benzene rings is 1. The highest BCUT2D eigenvalue weighted by Gasteiger charge is 2.02. The van der Waals surface area contributed by atoms with Crippen molar-refractivity contribution in [2.45, 2.75) is 12.2 Å². The van der Waals surface area contributed by atoms with Crippen molar-refractivity contribution >= 4 is 18.6 Å². The fourth-order valence-corrected chi connectivity index (χ4v) is 1.27. The summed E-state index contributed by atoms with van der Waals surface area (Å²) < 4.78 is 4.57. The molecule has 0 aromatic heterocycles. The number of methoxy groups -OCH3 is 1. The fraction of sp³-hybridized carbons (Fsp3) is 0.300. The van der Waals surface area contributed by atoms with Crippen LogP contribution in [0.15, 0.2) is 24.3 Å². The molecule has 70 valence electrons. The maximum Gasteiger partial charge on any atom is 0.309 e. The van der Waals surface area contributed by atoms with E-state index in [4.69, 9.17) is 0 Å². The van der Waals surface area contributed by atoms with E-state index in [2.05, 4.69) is 17.4 Å². The maximum atomic E-state index is 10.9. The molecule has 0 unspecified atom stereocenters. The third-order valence-electron chi connectivity index (χ3n) is 1.75. The van der Waals surface area contributed by atoms with Crippen molar-refractivity contribution < 1.29 is 9.53 Å². The molecule has 0 atom stereocenters. The van der Waals surface area contributed by atoms with Gasteiger partial charge in [-0.05, 0) is 11.1 Å². The van der Waals surface area contributed by atoms with Crippen molar-refractivity contribution in [2.75, 3.05) is 7.11 Å². The molecule has 0 N–H and O–H groups in total. The van der Waals surface area contributed by atoms with Gasteiger partial charge in [-0.1, -0.05) is 24.3 Å². The van der Waals surface area contributed by atoms with Gasteiger partial charge in [-0.15, -0.1) is 0 Å². The van der Waals surface area contributed by atoms with Gasteiger partial charge in [0, 0.05) is 5.75 Å². The quantitative estimate of drug-likeness (QED) is 0.589. The molecule has 0 aliphatic heterocycles. The van der Waals surface area contributed by atoms with E-state index in [1.54, 1.807) is 0 Å². The topological polar surface area (TPSA) is 26.3 Å². The molecule has 0 aliphatic carbocycles. The van der Waals surface area contributed by atoms with Crippen LogP contribution in [0.1, 0.15) is 11.1 Å². The van der Waals surface area contributed by atoms with Crippen LogP contribution in [-0.2, 0) is 21.7 Å². The van der Waals surface area contributed by atoms with E-state index >= 15 is 0 Å². The van der Waals surface area contributed by atoms with Gasteiger partial charge in [0.15, 0.2) is 0 Å². The van der Waals surface area contributed by atoms with E-state index in [0.29, 0.717) is 12.2 Å². The summed E-state index contributed by atoms with van der Waals surface area (Å²) in [6.07, 6.45) is 0.331. The smallest absolute Gasteiger partial charge is 0.309 e. The largest absolute Gasteiger partial charge is 0.469 e. The minimum Gasteiger partial charge on any atom is -0.469 e. The van der Waals surface area contributed by atoms with E-state index in [1.807, 2.05) is 24.3 Å². The summed E-state index contributed by atoms with van der Waals surface area (Å²) in [6, 6.07) is 7.77. The number of carbonyl (C=O) groups is 1. The highest BCUT2D eigenvalue weighted by molar-refractivity contribution is 7.79. The Morgan fingerprint density at radius 3 is 2.77 bits per heavy atom. The lowest BCUT2D eigenvalue weighted by molar-refractivity contribution is -0.139. The molecule has 13 heavy (non-hydrogen) atoms. The zero-order valence-corrected chi connectivity index (χ0v) is 8.38. The molecule has 0 radical (unpaired) electrons. The van der Waals surface area contributed by atoms with Crippen LogP contribution < -0.4 is 0 Å². The Labute approximate surface area is 83.3 Å². The fourth-order valence-electron chi connectivity index (χ4n) is 1.08. The first-order valence-electron chi connectivity index (χ1n) is 4.01. The van der Waals surface area contributed by atoms with E-state index < -0.39 is 0 Å². The Morgan fingerprint density at radius 1 is 1.46 bits per heavy atom. The zero-order chi connectivity index (χ0) is 9.68. The van der Waals surface area contributed by atoms with Crippen molar-refractivity contribution in [1.82, 2.24) is 0 Å². The Kier molecular flexibility index (Phi) is 3.83. The molecule has 0 saturated heterocycles. The number of thiol groups is 1. The molecule has 3 heteroatoms. The number of hydrogen-bond acceptors (Lipinski definition) is 3. The monoisotopic (exact) mass is 196 g/mol. The highest BCUT2D eigenvalue weighted by atomic mass is 32.1. The molecular weight excluding hydrogens is 184 g/mol. The van der Waals surface area contributed by atoms with Gasteiger partial charge in [0.25, 0.3) is 0 Å². The summed E-state index contributed by atoms with van der Waals surface area (Å²) in [5.41, 5.74) is 2.09. The lowest BCUT2D eigenvalue weighted by Crippen LogP contribution is -2.04. The summed E-state index contributed by atoms with van der Waals surface area (Å²) in [5, 5.41) is 0. The van der Waals surface area contributed by atoms with Crippen LogP contribution in [0.4, 0.5) is 0 Å². The first kappa shape index (κ1) is 10.1. The van der Waals surface area contributed by atoms with Crippen LogP contribution in [-0.4, -0.2) is 13.1 Å². The van der Waals surface area contributed by atoms with E-state index in [1.165, 1.54) is 7.11 Å². The molecular formula is C10H12O2S. The molecule has 1 aromatic carbocycles.